The van der Waals surface area contributed by atoms with Crippen molar-refractivity contribution in [2.24, 2.45) is 0 Å². The highest BCUT2D eigenvalue weighted by molar-refractivity contribution is 7.80. The number of aromatic nitrogens is 2. The van der Waals surface area contributed by atoms with Crippen molar-refractivity contribution in [3.05, 3.63) is 18.5 Å². The molecule has 14 heteroatoms. The molecular weight excluding hydrogens is 408 g/mol. The third kappa shape index (κ3) is 4.35. The molecule has 1 aromatic heterocycles. The molecule has 29 heavy (non-hydrogen) atoms. The Labute approximate surface area is 166 Å². The number of nitrogens with one attached hydrogen (secondary N) is 2. The Morgan fingerprint density at radius 2 is 2.21 bits per heavy atom. The maximum Gasteiger partial charge on any atom is 0.418 e. The van der Waals surface area contributed by atoms with Gasteiger partial charge in [-0.25, -0.2) is 10.3 Å². The Balaban J connectivity index is 1.25. The average molecular weight is 430 g/mol. The van der Waals surface area contributed by atoms with E-state index in [0.29, 0.717) is 17.9 Å². The zero-order valence-corrected chi connectivity index (χ0v) is 16.2. The van der Waals surface area contributed by atoms with Gasteiger partial charge in [0.2, 0.25) is 0 Å². The standard InChI is InChI=1S/C15H22N6O7S/c22-14(18-27-9-10-6-12(7-16-10)20-5-1-4-17-20)13-3-2-11-8-19(13)15(23)21(11)28-29(24,25)26/h1,4-5,10-13,16H,2-3,6-9H2,(H,18,22)(H,24,25,26)/t10-,11-,12+,13+/m1/s1. The summed E-state index contributed by atoms with van der Waals surface area (Å²) in [5, 5.41) is 8.12. The lowest BCUT2D eigenvalue weighted by Gasteiger charge is -2.29. The third-order valence-corrected chi connectivity index (χ3v) is 5.70. The Bertz CT molecular complexity index is 863. The fraction of sp³-hybridized carbons (Fsp3) is 0.667. The number of fused-ring (bicyclic) bond motifs is 2. The normalized spacial score (nSPS) is 29.5. The minimum absolute atomic E-state index is 0.0484. The first-order valence-corrected chi connectivity index (χ1v) is 10.6. The van der Waals surface area contributed by atoms with Gasteiger partial charge in [-0.15, -0.1) is 4.28 Å². The second-order valence-electron chi connectivity index (χ2n) is 7.27. The van der Waals surface area contributed by atoms with Crippen LogP contribution in [0.25, 0.3) is 0 Å². The van der Waals surface area contributed by atoms with Crippen molar-refractivity contribution in [3.8, 4) is 0 Å². The molecule has 3 aliphatic rings. The van der Waals surface area contributed by atoms with Gasteiger partial charge in [0.1, 0.15) is 6.04 Å². The lowest BCUT2D eigenvalue weighted by atomic mass is 10.0. The van der Waals surface area contributed by atoms with Crippen LogP contribution in [0.1, 0.15) is 25.3 Å². The van der Waals surface area contributed by atoms with Gasteiger partial charge in [0.25, 0.3) is 5.91 Å². The van der Waals surface area contributed by atoms with Crippen LogP contribution in [0, 0.1) is 0 Å². The molecule has 0 aromatic carbocycles. The quantitative estimate of drug-likeness (QED) is 0.359. The minimum atomic E-state index is -4.82. The van der Waals surface area contributed by atoms with Gasteiger partial charge < -0.3 is 10.2 Å². The summed E-state index contributed by atoms with van der Waals surface area (Å²) in [7, 11) is -4.82. The summed E-state index contributed by atoms with van der Waals surface area (Å²) in [4.78, 5) is 31.3. The van der Waals surface area contributed by atoms with Crippen LogP contribution in [0.15, 0.2) is 18.5 Å². The summed E-state index contributed by atoms with van der Waals surface area (Å²) in [6.07, 6.45) is 5.09. The van der Waals surface area contributed by atoms with E-state index in [1.165, 1.54) is 4.90 Å². The van der Waals surface area contributed by atoms with Crippen LogP contribution < -0.4 is 10.8 Å². The summed E-state index contributed by atoms with van der Waals surface area (Å²) >= 11 is 0. The predicted octanol–water partition coefficient (Wildman–Crippen LogP) is -1.16. The molecule has 3 amide bonds. The molecule has 3 N–H and O–H groups in total. The molecule has 0 saturated carbocycles. The molecule has 0 spiro atoms. The predicted molar refractivity (Wildman–Crippen MR) is 95.2 cm³/mol. The molecule has 0 unspecified atom stereocenters. The average Bonchev–Trinajstić information content (AvgIpc) is 3.39. The first-order valence-electron chi connectivity index (χ1n) is 9.23. The van der Waals surface area contributed by atoms with E-state index in [2.05, 4.69) is 20.2 Å². The van der Waals surface area contributed by atoms with E-state index >= 15 is 0 Å². The monoisotopic (exact) mass is 430 g/mol. The van der Waals surface area contributed by atoms with Crippen molar-refractivity contribution >= 4 is 22.3 Å². The topological polar surface area (TPSA) is 155 Å². The van der Waals surface area contributed by atoms with Gasteiger partial charge in [-0.05, 0) is 25.3 Å². The molecular formula is C15H22N6O7S. The maximum absolute atomic E-state index is 12.5. The Hall–Kier alpha value is -2.26. The van der Waals surface area contributed by atoms with E-state index in [0.717, 1.165) is 13.0 Å². The number of piperidine rings is 1. The minimum Gasteiger partial charge on any atom is -0.309 e. The molecule has 1 aromatic rings. The van der Waals surface area contributed by atoms with Gasteiger partial charge in [-0.2, -0.15) is 18.6 Å². The lowest BCUT2D eigenvalue weighted by molar-refractivity contribution is -0.139. The molecule has 4 heterocycles. The lowest BCUT2D eigenvalue weighted by Crippen LogP contribution is -2.50. The van der Waals surface area contributed by atoms with Crippen molar-refractivity contribution in [1.82, 2.24) is 30.5 Å². The number of amides is 3. The van der Waals surface area contributed by atoms with Crippen molar-refractivity contribution in [2.45, 2.75) is 43.4 Å². The molecule has 4 atom stereocenters. The summed E-state index contributed by atoms with van der Waals surface area (Å²) in [6.45, 7) is 1.13. The van der Waals surface area contributed by atoms with Crippen molar-refractivity contribution < 1.29 is 31.7 Å². The van der Waals surface area contributed by atoms with E-state index in [1.54, 1.807) is 6.20 Å². The van der Waals surface area contributed by atoms with Gasteiger partial charge in [0, 0.05) is 31.5 Å². The largest absolute Gasteiger partial charge is 0.418 e. The van der Waals surface area contributed by atoms with Crippen LogP contribution in [0.5, 0.6) is 0 Å². The number of hydrogen-bond acceptors (Lipinski definition) is 8. The van der Waals surface area contributed by atoms with Gasteiger partial charge in [0.05, 0.1) is 18.7 Å². The van der Waals surface area contributed by atoms with Gasteiger partial charge in [0.15, 0.2) is 0 Å². The van der Waals surface area contributed by atoms with E-state index in [9.17, 15) is 18.0 Å². The van der Waals surface area contributed by atoms with Crippen LogP contribution in [0.3, 0.4) is 0 Å². The fourth-order valence-electron chi connectivity index (χ4n) is 4.01. The van der Waals surface area contributed by atoms with E-state index in [-0.39, 0.29) is 25.2 Å². The second-order valence-corrected chi connectivity index (χ2v) is 8.27. The summed E-state index contributed by atoms with van der Waals surface area (Å²) < 4.78 is 36.9. The Morgan fingerprint density at radius 3 is 2.93 bits per heavy atom. The number of urea groups is 1. The van der Waals surface area contributed by atoms with Crippen molar-refractivity contribution in [1.29, 1.82) is 0 Å². The van der Waals surface area contributed by atoms with E-state index in [4.69, 9.17) is 9.39 Å². The molecule has 3 fully saturated rings. The smallest absolute Gasteiger partial charge is 0.309 e. The van der Waals surface area contributed by atoms with Crippen LogP contribution >= 0.6 is 0 Å². The summed E-state index contributed by atoms with van der Waals surface area (Å²) in [6, 6.07) is -0.00304. The van der Waals surface area contributed by atoms with Crippen molar-refractivity contribution in [2.75, 3.05) is 19.7 Å². The molecule has 3 aliphatic heterocycles. The van der Waals surface area contributed by atoms with E-state index in [1.807, 2.05) is 16.9 Å². The van der Waals surface area contributed by atoms with Crippen molar-refractivity contribution in [3.63, 3.8) is 0 Å². The first kappa shape index (κ1) is 20.0. The van der Waals surface area contributed by atoms with Crippen LogP contribution in [-0.4, -0.2) is 82.5 Å². The number of hydrogen-bond donors (Lipinski definition) is 3. The highest BCUT2D eigenvalue weighted by Crippen LogP contribution is 2.30. The van der Waals surface area contributed by atoms with Crippen LogP contribution in [0.2, 0.25) is 0 Å². The molecule has 0 aliphatic carbocycles. The number of hydroxylamine groups is 3. The molecule has 13 nitrogen and oxygen atoms in total. The number of rotatable bonds is 7. The fourth-order valence-corrected chi connectivity index (χ4v) is 4.40. The van der Waals surface area contributed by atoms with Crippen LogP contribution in [0.4, 0.5) is 4.79 Å². The van der Waals surface area contributed by atoms with Gasteiger partial charge in [-0.3, -0.25) is 18.9 Å². The maximum atomic E-state index is 12.5. The van der Waals surface area contributed by atoms with Gasteiger partial charge in [-0.1, -0.05) is 0 Å². The van der Waals surface area contributed by atoms with Gasteiger partial charge >= 0.3 is 16.4 Å². The zero-order valence-electron chi connectivity index (χ0n) is 15.4. The van der Waals surface area contributed by atoms with Crippen LogP contribution in [-0.2, 0) is 24.3 Å². The highest BCUT2D eigenvalue weighted by atomic mass is 32.3. The second kappa shape index (κ2) is 7.87. The Kier molecular flexibility index (Phi) is 5.44. The summed E-state index contributed by atoms with van der Waals surface area (Å²) in [5.74, 6) is -0.493. The molecule has 0 radical (unpaired) electrons. The number of carbonyl (C=O) groups excluding carboxylic acids is 2. The molecule has 2 bridgehead atoms. The Morgan fingerprint density at radius 1 is 1.38 bits per heavy atom. The highest BCUT2D eigenvalue weighted by Gasteiger charge is 2.49. The summed E-state index contributed by atoms with van der Waals surface area (Å²) in [5.41, 5.74) is 2.37. The third-order valence-electron chi connectivity index (χ3n) is 5.36. The molecule has 160 valence electrons. The number of nitrogens with zero attached hydrogens (tertiary/aromatic N) is 4. The van der Waals surface area contributed by atoms with E-state index < -0.39 is 34.4 Å². The molecule has 3 saturated heterocycles. The molecule has 4 rings (SSSR count). The number of carbonyl (C=O) groups is 2. The zero-order chi connectivity index (χ0) is 20.6. The first-order chi connectivity index (χ1) is 13.8. The SMILES string of the molecule is O=C(NOC[C@H]1C[C@H](n2cccn2)CN1)[C@@H]1CC[C@@H]2CN1C(=O)N2OS(=O)(=O)O.